The third kappa shape index (κ3) is 2.21. The van der Waals surface area contributed by atoms with Gasteiger partial charge < -0.3 is 0 Å². The fraction of sp³-hybridized carbons (Fsp3) is 0.812. The van der Waals surface area contributed by atoms with Gasteiger partial charge in [0.05, 0.1) is 0 Å². The van der Waals surface area contributed by atoms with Crippen molar-refractivity contribution in [2.24, 2.45) is 35.5 Å². The van der Waals surface area contributed by atoms with E-state index >= 15 is 0 Å². The summed E-state index contributed by atoms with van der Waals surface area (Å²) in [7, 11) is 0. The maximum Gasteiger partial charge on any atom is 0.137 e. The second kappa shape index (κ2) is 4.59. The molecule has 96 valence electrons. The summed E-state index contributed by atoms with van der Waals surface area (Å²) in [6, 6.07) is 0. The van der Waals surface area contributed by atoms with Crippen LogP contribution >= 0.6 is 0 Å². The highest BCUT2D eigenvalue weighted by Gasteiger charge is 2.41. The Morgan fingerprint density at radius 1 is 1.12 bits per heavy atom. The topological polar surface area (TPSA) is 17.1 Å². The van der Waals surface area contributed by atoms with Gasteiger partial charge in [0, 0.05) is 5.92 Å². The molecule has 2 aliphatic rings. The number of allylic oxidation sites excluding steroid dienone is 2. The molecule has 0 radical (unpaired) electrons. The Balaban J connectivity index is 2.35. The van der Waals surface area contributed by atoms with Crippen LogP contribution in [0.1, 0.15) is 47.5 Å². The molecule has 6 atom stereocenters. The minimum absolute atomic E-state index is 0.207. The van der Waals surface area contributed by atoms with Crippen molar-refractivity contribution in [1.29, 1.82) is 0 Å². The molecule has 17 heavy (non-hydrogen) atoms. The van der Waals surface area contributed by atoms with Crippen LogP contribution in [0.15, 0.2) is 11.6 Å². The largest absolute Gasteiger partial charge is 0.299 e. The van der Waals surface area contributed by atoms with Gasteiger partial charge in [-0.05, 0) is 49.4 Å². The number of fused-ring (bicyclic) bond motifs is 1. The van der Waals surface area contributed by atoms with E-state index in [0.29, 0.717) is 29.5 Å². The molecule has 0 aromatic heterocycles. The van der Waals surface area contributed by atoms with Crippen molar-refractivity contribution in [3.05, 3.63) is 11.6 Å². The van der Waals surface area contributed by atoms with Crippen LogP contribution in [0.25, 0.3) is 0 Å². The van der Waals surface area contributed by atoms with Gasteiger partial charge in [-0.2, -0.15) is 0 Å². The maximum atomic E-state index is 12.0. The van der Waals surface area contributed by atoms with Gasteiger partial charge in [0.15, 0.2) is 0 Å². The highest BCUT2D eigenvalue weighted by Crippen LogP contribution is 2.48. The van der Waals surface area contributed by atoms with Crippen LogP contribution < -0.4 is 0 Å². The second-order valence-electron chi connectivity index (χ2n) is 6.60. The molecule has 0 aromatic carbocycles. The molecule has 0 aromatic rings. The van der Waals surface area contributed by atoms with Crippen LogP contribution in [-0.2, 0) is 4.79 Å². The van der Waals surface area contributed by atoms with Crippen LogP contribution in [0.4, 0.5) is 0 Å². The number of carbonyl (C=O) groups excluding carboxylic acids is 1. The van der Waals surface area contributed by atoms with Crippen molar-refractivity contribution in [2.75, 3.05) is 0 Å². The molecular formula is C16H26O. The molecule has 1 heteroatoms. The zero-order valence-corrected chi connectivity index (χ0v) is 11.9. The van der Waals surface area contributed by atoms with Crippen LogP contribution in [0.5, 0.6) is 0 Å². The lowest BCUT2D eigenvalue weighted by atomic mass is 9.60. The smallest absolute Gasteiger partial charge is 0.137 e. The fourth-order valence-electron chi connectivity index (χ4n) is 3.89. The minimum Gasteiger partial charge on any atom is -0.299 e. The Morgan fingerprint density at radius 2 is 1.71 bits per heavy atom. The summed E-state index contributed by atoms with van der Waals surface area (Å²) >= 11 is 0. The Bertz CT molecular complexity index is 341. The lowest BCUT2D eigenvalue weighted by molar-refractivity contribution is -0.122. The number of carbonyl (C=O) groups is 1. The number of rotatable bonds is 1. The summed E-state index contributed by atoms with van der Waals surface area (Å²) < 4.78 is 0. The van der Waals surface area contributed by atoms with E-state index in [-0.39, 0.29) is 5.92 Å². The Morgan fingerprint density at radius 3 is 2.29 bits per heavy atom. The van der Waals surface area contributed by atoms with E-state index in [1.165, 1.54) is 18.4 Å². The third-order valence-electron chi connectivity index (χ3n) is 5.36. The van der Waals surface area contributed by atoms with Crippen molar-refractivity contribution in [2.45, 2.75) is 47.5 Å². The first kappa shape index (κ1) is 12.9. The van der Waals surface area contributed by atoms with Crippen molar-refractivity contribution >= 4 is 5.78 Å². The first-order valence-corrected chi connectivity index (χ1v) is 7.13. The quantitative estimate of drug-likeness (QED) is 0.625. The molecule has 0 N–H and O–H groups in total. The molecule has 0 spiro atoms. The molecule has 2 aliphatic carbocycles. The first-order chi connectivity index (χ1) is 7.91. The first-order valence-electron chi connectivity index (χ1n) is 7.13. The SMILES string of the molecule is CC(=O)C1C2=CC(C)C(C)CC2CC(C)C1C. The van der Waals surface area contributed by atoms with E-state index in [2.05, 4.69) is 33.8 Å². The molecule has 0 amide bonds. The molecule has 1 fully saturated rings. The van der Waals surface area contributed by atoms with Crippen LogP contribution in [0.3, 0.4) is 0 Å². The van der Waals surface area contributed by atoms with Gasteiger partial charge in [-0.1, -0.05) is 39.3 Å². The number of hydrogen-bond donors (Lipinski definition) is 0. The zero-order chi connectivity index (χ0) is 12.7. The normalized spacial score (nSPS) is 46.1. The average Bonchev–Trinajstić information content (AvgIpc) is 2.23. The molecule has 1 saturated carbocycles. The van der Waals surface area contributed by atoms with Gasteiger partial charge in [-0.3, -0.25) is 4.79 Å². The van der Waals surface area contributed by atoms with Crippen LogP contribution in [-0.4, -0.2) is 5.78 Å². The molecule has 0 saturated heterocycles. The number of hydrogen-bond acceptors (Lipinski definition) is 1. The van der Waals surface area contributed by atoms with Crippen molar-refractivity contribution in [3.8, 4) is 0 Å². The minimum atomic E-state index is 0.207. The Hall–Kier alpha value is -0.590. The zero-order valence-electron chi connectivity index (χ0n) is 11.9. The van der Waals surface area contributed by atoms with Gasteiger partial charge in [-0.15, -0.1) is 0 Å². The average molecular weight is 234 g/mol. The summed E-state index contributed by atoms with van der Waals surface area (Å²) in [6.45, 7) is 11.0. The molecule has 2 rings (SSSR count). The summed E-state index contributed by atoms with van der Waals surface area (Å²) in [6.07, 6.45) is 5.00. The van der Waals surface area contributed by atoms with Crippen molar-refractivity contribution in [1.82, 2.24) is 0 Å². The van der Waals surface area contributed by atoms with Gasteiger partial charge >= 0.3 is 0 Å². The third-order valence-corrected chi connectivity index (χ3v) is 5.36. The van der Waals surface area contributed by atoms with Gasteiger partial charge in [-0.25, -0.2) is 0 Å². The Kier molecular flexibility index (Phi) is 3.47. The van der Waals surface area contributed by atoms with E-state index in [0.717, 1.165) is 5.92 Å². The van der Waals surface area contributed by atoms with Gasteiger partial charge in [0.2, 0.25) is 0 Å². The van der Waals surface area contributed by atoms with E-state index in [9.17, 15) is 4.79 Å². The summed E-state index contributed by atoms with van der Waals surface area (Å²) in [4.78, 5) is 12.0. The Labute approximate surface area is 106 Å². The molecule has 1 nitrogen and oxygen atoms in total. The predicted molar refractivity (Wildman–Crippen MR) is 71.6 cm³/mol. The lowest BCUT2D eigenvalue weighted by Crippen LogP contribution is -2.39. The molecule has 0 bridgehead atoms. The van der Waals surface area contributed by atoms with Crippen molar-refractivity contribution < 1.29 is 4.79 Å². The highest BCUT2D eigenvalue weighted by atomic mass is 16.1. The van der Waals surface area contributed by atoms with Crippen LogP contribution in [0.2, 0.25) is 0 Å². The fourth-order valence-corrected chi connectivity index (χ4v) is 3.89. The standard InChI is InChI=1S/C16H26O/c1-9-6-14-7-11(3)12(4)16(13(5)17)15(14)8-10(9)2/h8-12,14,16H,6-7H2,1-5H3. The van der Waals surface area contributed by atoms with Gasteiger partial charge in [0.1, 0.15) is 5.78 Å². The number of Topliss-reactive ketones (excluding diaryl/α,β-unsaturated/α-hetero) is 1. The maximum absolute atomic E-state index is 12.0. The summed E-state index contributed by atoms with van der Waals surface area (Å²) in [5, 5.41) is 0. The highest BCUT2D eigenvalue weighted by molar-refractivity contribution is 5.82. The van der Waals surface area contributed by atoms with E-state index < -0.39 is 0 Å². The molecule has 0 aliphatic heterocycles. The summed E-state index contributed by atoms with van der Waals surface area (Å²) in [5.41, 5.74) is 1.48. The predicted octanol–water partition coefficient (Wildman–Crippen LogP) is 4.09. The van der Waals surface area contributed by atoms with Gasteiger partial charge in [0.25, 0.3) is 0 Å². The number of ketones is 1. The van der Waals surface area contributed by atoms with Crippen molar-refractivity contribution in [3.63, 3.8) is 0 Å². The molecule has 0 heterocycles. The molecular weight excluding hydrogens is 208 g/mol. The summed E-state index contributed by atoms with van der Waals surface area (Å²) in [5.74, 6) is 3.89. The molecule has 6 unspecified atom stereocenters. The van der Waals surface area contributed by atoms with E-state index in [4.69, 9.17) is 0 Å². The van der Waals surface area contributed by atoms with E-state index in [1.807, 2.05) is 0 Å². The monoisotopic (exact) mass is 234 g/mol. The van der Waals surface area contributed by atoms with E-state index in [1.54, 1.807) is 6.92 Å². The van der Waals surface area contributed by atoms with Crippen LogP contribution in [0, 0.1) is 35.5 Å². The second-order valence-corrected chi connectivity index (χ2v) is 6.60. The lowest BCUT2D eigenvalue weighted by Gasteiger charge is -2.44.